The minimum absolute atomic E-state index is 0.0138. The summed E-state index contributed by atoms with van der Waals surface area (Å²) in [6.45, 7) is 32.5. The van der Waals surface area contributed by atoms with Crippen molar-refractivity contribution in [3.05, 3.63) is 37.5 Å². The molecule has 10 aromatic rings. The molecule has 0 aromatic carbocycles. The van der Waals surface area contributed by atoms with Crippen molar-refractivity contribution >= 4 is 151 Å². The van der Waals surface area contributed by atoms with Crippen molar-refractivity contribution in [1.29, 1.82) is 0 Å². The highest BCUT2D eigenvalue weighted by atomic mass is 16.8. The molecule has 0 atom stereocenters. The number of hydrogen-bond donors (Lipinski definition) is 18. The number of fused-ring (bicyclic) bond motifs is 5. The van der Waals surface area contributed by atoms with Gasteiger partial charge in [0.15, 0.2) is 62.8 Å². The third-order valence-corrected chi connectivity index (χ3v) is 12.3. The van der Waals surface area contributed by atoms with Crippen LogP contribution in [0.15, 0.2) is 31.6 Å². The Bertz CT molecular complexity index is 4790. The molecule has 10 rings (SSSR count). The molecule has 0 saturated carbocycles. The average molecular weight is 1620 g/mol. The summed E-state index contributed by atoms with van der Waals surface area (Å²) in [5.41, 5.74) is 39.5. The van der Waals surface area contributed by atoms with Crippen LogP contribution in [-0.2, 0) is 60.6 Å². The van der Waals surface area contributed by atoms with Gasteiger partial charge >= 0.3 is 42.5 Å². The molecule has 0 aliphatic rings. The van der Waals surface area contributed by atoms with Gasteiger partial charge in [-0.05, 0) is 125 Å². The van der Waals surface area contributed by atoms with E-state index >= 15 is 0 Å². The molecule has 50 nitrogen and oxygen atoms in total. The van der Waals surface area contributed by atoms with E-state index in [2.05, 4.69) is 148 Å². The summed E-state index contributed by atoms with van der Waals surface area (Å²) in [7, 11) is 1.70. The van der Waals surface area contributed by atoms with Gasteiger partial charge in [0.2, 0.25) is 23.8 Å². The average Bonchev–Trinajstić information content (AvgIpc) is 1.67. The molecule has 0 aliphatic carbocycles. The highest BCUT2D eigenvalue weighted by Crippen LogP contribution is 2.23. The summed E-state index contributed by atoms with van der Waals surface area (Å²) in [5, 5.41) is 21.8. The Morgan fingerprint density at radius 2 is 0.757 bits per heavy atom. The van der Waals surface area contributed by atoms with Crippen molar-refractivity contribution in [1.82, 2.24) is 115 Å². The van der Waals surface area contributed by atoms with E-state index in [1.165, 1.54) is 29.9 Å². The molecule has 0 unspecified atom stereocenters. The molecule has 0 saturated heterocycles. The van der Waals surface area contributed by atoms with E-state index in [1.54, 1.807) is 143 Å². The number of imidazole rings is 5. The van der Waals surface area contributed by atoms with Crippen LogP contribution < -0.4 is 82.7 Å². The summed E-state index contributed by atoms with van der Waals surface area (Å²) in [6.07, 6.45) is 3.71. The van der Waals surface area contributed by atoms with E-state index in [4.69, 9.17) is 61.8 Å². The maximum absolute atomic E-state index is 11.7. The molecule has 0 bridgehead atoms. The third kappa shape index (κ3) is 34.2. The number of nitrogens with zero attached hydrogens (tertiary/aromatic N) is 17. The lowest BCUT2D eigenvalue weighted by Gasteiger charge is -2.20. The number of hydrogen-bond acceptors (Lipinski definition) is 42. The lowest BCUT2D eigenvalue weighted by atomic mass is 10.2. The maximum atomic E-state index is 11.7. The number of H-pyrrole nitrogens is 3. The van der Waals surface area contributed by atoms with Crippen LogP contribution in [0.4, 0.5) is 76.9 Å². The maximum Gasteiger partial charge on any atom is 0.519 e. The number of alkyl carbamates (subject to hydrolysis) is 3. The fourth-order valence-corrected chi connectivity index (χ4v) is 8.23. The van der Waals surface area contributed by atoms with Gasteiger partial charge in [-0.3, -0.25) is 9.59 Å². The van der Waals surface area contributed by atoms with Crippen LogP contribution in [0.1, 0.15) is 124 Å². The Labute approximate surface area is 658 Å². The predicted octanol–water partition coefficient (Wildman–Crippen LogP) is 4.26. The Balaban J connectivity index is 0.000000296. The van der Waals surface area contributed by atoms with Crippen molar-refractivity contribution in [2.45, 2.75) is 166 Å². The molecule has 10 aromatic heterocycles. The highest BCUT2D eigenvalue weighted by molar-refractivity contribution is 5.87. The molecule has 10 heterocycles. The van der Waals surface area contributed by atoms with Crippen molar-refractivity contribution in [2.24, 2.45) is 17.2 Å². The molecule has 630 valence electrons. The normalized spacial score (nSPS) is 11.0. The van der Waals surface area contributed by atoms with Crippen LogP contribution in [0.2, 0.25) is 0 Å². The van der Waals surface area contributed by atoms with E-state index in [1.807, 2.05) is 0 Å². The highest BCUT2D eigenvalue weighted by Gasteiger charge is 2.26. The summed E-state index contributed by atoms with van der Waals surface area (Å²) in [5.74, 6) is 2.67. The van der Waals surface area contributed by atoms with Gasteiger partial charge in [-0.15, -0.1) is 0 Å². The first-order valence-electron chi connectivity index (χ1n) is 34.9. The monoisotopic (exact) mass is 1620 g/mol. The molecular weight excluding hydrogens is 1510 g/mol. The third-order valence-electron chi connectivity index (χ3n) is 12.3. The molecule has 115 heavy (non-hydrogen) atoms. The lowest BCUT2D eigenvalue weighted by Crippen LogP contribution is -2.35. The zero-order valence-corrected chi connectivity index (χ0v) is 67.5. The van der Waals surface area contributed by atoms with E-state index < -0.39 is 64.6 Å². The molecule has 0 spiro atoms. The van der Waals surface area contributed by atoms with Gasteiger partial charge in [-0.2, -0.15) is 39.9 Å². The number of nitrogens with two attached hydrogens (primary N) is 7. The lowest BCUT2D eigenvalue weighted by molar-refractivity contribution is -0.144. The second-order valence-corrected chi connectivity index (χ2v) is 27.8. The van der Waals surface area contributed by atoms with Gasteiger partial charge in [-0.1, -0.05) is 0 Å². The van der Waals surface area contributed by atoms with Crippen molar-refractivity contribution in [2.75, 3.05) is 103 Å². The van der Waals surface area contributed by atoms with Gasteiger partial charge in [0.05, 0.1) is 71.5 Å². The smallest absolute Gasteiger partial charge is 0.465 e. The van der Waals surface area contributed by atoms with Crippen molar-refractivity contribution < 1.29 is 71.5 Å². The van der Waals surface area contributed by atoms with Crippen LogP contribution in [0.3, 0.4) is 0 Å². The Kier molecular flexibility index (Phi) is 35.2. The minimum Gasteiger partial charge on any atom is -0.465 e. The summed E-state index contributed by atoms with van der Waals surface area (Å²) in [4.78, 5) is 150. The molecule has 0 radical (unpaired) electrons. The predicted molar refractivity (Wildman–Crippen MR) is 424 cm³/mol. The molecule has 25 N–H and O–H groups in total. The molecule has 50 heteroatoms. The Hall–Kier alpha value is -13.7. The fourth-order valence-electron chi connectivity index (χ4n) is 8.23. The number of nitrogen functional groups attached to an aromatic ring is 4. The van der Waals surface area contributed by atoms with Crippen LogP contribution in [0.25, 0.3) is 55.8 Å². The number of aromatic nitrogens is 20. The number of aryl methyl sites for hydroxylation is 1. The molecular formula is C65H105N35O15. The number of carbonyl (C=O) groups excluding carboxylic acids is 7. The summed E-state index contributed by atoms with van der Waals surface area (Å²) in [6, 6.07) is 0. The topological polar surface area (TPSA) is 722 Å². The van der Waals surface area contributed by atoms with Crippen LogP contribution in [0, 0.1) is 6.92 Å². The second kappa shape index (κ2) is 43.2. The molecule has 3 amide bonds. The zero-order chi connectivity index (χ0) is 86.2. The number of nitrogens with one attached hydrogen (secondary N) is 11. The van der Waals surface area contributed by atoms with E-state index in [0.717, 1.165) is 0 Å². The quantitative estimate of drug-likeness (QED) is 0.0247. The van der Waals surface area contributed by atoms with Gasteiger partial charge in [-0.25, -0.2) is 58.9 Å². The number of aromatic amines is 3. The van der Waals surface area contributed by atoms with Gasteiger partial charge < -0.3 is 145 Å². The number of carbonyl (C=O) groups is 7. The first-order valence-corrected chi connectivity index (χ1v) is 34.9. The number of amides is 3. The minimum atomic E-state index is -1.06. The van der Waals surface area contributed by atoms with Crippen LogP contribution >= 0.6 is 0 Å². The van der Waals surface area contributed by atoms with E-state index in [9.17, 15) is 33.6 Å². The number of esters is 2. The zero-order valence-electron chi connectivity index (χ0n) is 67.5. The Morgan fingerprint density at radius 1 is 0.426 bits per heavy atom. The van der Waals surface area contributed by atoms with Crippen molar-refractivity contribution in [3.63, 3.8) is 0 Å². The van der Waals surface area contributed by atoms with Gasteiger partial charge in [0, 0.05) is 13.7 Å². The SMILES string of the molecule is CC(C)(C)OC(=O)NCNc1nc(N)c2[nH]cnc2n1.CC(C)(C)OC(=O)OC(=O)OC(C)(C)C.CCOC(=O)Cn1cnc2c(N)nc(NCNC(=O)OC(C)(C)C)nc21.CCOC(=O)Cn1cnc2c(NC)nc(NCNC(=O)OC(C)(C)C)nc21.Cc1nc(N)c2[nH]cnc2n1.NCN.NCNc1nc(N)c2[nH]cnc2n1. The standard InChI is InChI=1S/C16H25N7O4.C15H23N7O4.C11H17N7O2.C10H18O5.C6H9N7.C6H7N5.CH6N2/c1-6-26-10(24)7-23-9-20-11-12(17-5)21-14(22-13(11)23)18-8-19-15(25)27-16(2,3)4;1-5-25-9(23)6-22-8-19-10-11(16)20-13(21-12(10)22)17-7-18-14(24)26-15(2,3)4;1-11(2,3)20-10(19)16-5-15-9-17-7(12)6-8(18-9)14-4-13-6;1-9(2,3)14-7(11)13-8(12)15-10(4,5)6;7-1-9-6-12-4(8)3-5(13-6)11-2-10-3;1-3-10-5(7)4-6(11-3)9-2-8-4;2-1-3/h9H,6-8H2,1-5H3,(H,19,25)(H2,17,18,21,22);8H,5-7H2,1-4H3,(H,18,24)(H3,16,17,20,21);4H,5H2,1-3H3,(H,16,19)(H4,12,13,14,15,17,18);1-6H3;2H,1,7H2,(H4,8,9,10,11,12,13);2H,1H3,(H3,7,8,9,10,11);1-3H2. The first-order chi connectivity index (χ1) is 53.8. The Morgan fingerprint density at radius 3 is 1.12 bits per heavy atom. The number of ether oxygens (including phenoxy) is 8. The largest absolute Gasteiger partial charge is 0.519 e. The van der Waals surface area contributed by atoms with Crippen molar-refractivity contribution in [3.8, 4) is 0 Å². The number of anilines is 9. The van der Waals surface area contributed by atoms with Gasteiger partial charge in [0.1, 0.15) is 69.0 Å². The van der Waals surface area contributed by atoms with Gasteiger partial charge in [0.25, 0.3) is 0 Å². The summed E-state index contributed by atoms with van der Waals surface area (Å²) < 4.78 is 42.1. The van der Waals surface area contributed by atoms with Crippen LogP contribution in [0.5, 0.6) is 0 Å². The summed E-state index contributed by atoms with van der Waals surface area (Å²) >= 11 is 0. The molecule has 0 fully saturated rings. The number of rotatable bonds is 18. The fraction of sp³-hybridized carbons (Fsp3) is 0.508. The van der Waals surface area contributed by atoms with E-state index in [-0.39, 0.29) is 88.5 Å². The molecule has 0 aliphatic heterocycles. The van der Waals surface area contributed by atoms with E-state index in [0.29, 0.717) is 91.7 Å². The van der Waals surface area contributed by atoms with Crippen LogP contribution in [-0.4, -0.2) is 223 Å². The second-order valence-electron chi connectivity index (χ2n) is 27.8. The first kappa shape index (κ1) is 93.7.